The maximum absolute atomic E-state index is 5.02. The average Bonchev–Trinajstić information content (AvgIpc) is 3.18. The van der Waals surface area contributed by atoms with Gasteiger partial charge in [0, 0.05) is 17.3 Å². The van der Waals surface area contributed by atoms with Crippen molar-refractivity contribution < 1.29 is 0 Å². The van der Waals surface area contributed by atoms with Gasteiger partial charge in [0.25, 0.3) is 0 Å². The second kappa shape index (κ2) is 12.2. The van der Waals surface area contributed by atoms with Gasteiger partial charge in [0.2, 0.25) is 0 Å². The van der Waals surface area contributed by atoms with Crippen molar-refractivity contribution in [2.24, 2.45) is 5.92 Å². The number of allylic oxidation sites excluding steroid dienone is 1. The Balaban J connectivity index is 1.07. The predicted molar refractivity (Wildman–Crippen MR) is 206 cm³/mol. The minimum Gasteiger partial charge on any atom is -0.237 e. The van der Waals surface area contributed by atoms with Crippen LogP contribution < -0.4 is 0 Å². The zero-order chi connectivity index (χ0) is 32.7. The number of hydrogen-bond acceptors (Lipinski definition) is 2. The SMILES string of the molecule is CC1C=Cc2c(c3ccc(-c4cccc(-c5cccc(-c6nccc(-c7cccc(-c8ccccc8)c7)n6)c5)c4)cc3c3ccccc23)C1. The smallest absolute Gasteiger partial charge is 0.159 e. The summed E-state index contributed by atoms with van der Waals surface area (Å²) in [5.41, 5.74) is 12.9. The van der Waals surface area contributed by atoms with E-state index in [4.69, 9.17) is 4.98 Å². The molecule has 1 aliphatic carbocycles. The molecule has 1 aliphatic rings. The van der Waals surface area contributed by atoms with Crippen LogP contribution in [0.2, 0.25) is 0 Å². The van der Waals surface area contributed by atoms with Crippen molar-refractivity contribution in [3.8, 4) is 56.0 Å². The highest BCUT2D eigenvalue weighted by Gasteiger charge is 2.18. The Morgan fingerprint density at radius 3 is 1.84 bits per heavy atom. The summed E-state index contributed by atoms with van der Waals surface area (Å²) in [6.07, 6.45) is 7.62. The molecule has 232 valence electrons. The zero-order valence-corrected chi connectivity index (χ0v) is 27.3. The third-order valence-corrected chi connectivity index (χ3v) is 9.87. The summed E-state index contributed by atoms with van der Waals surface area (Å²) in [6, 6.07) is 54.3. The largest absolute Gasteiger partial charge is 0.237 e. The Morgan fingerprint density at radius 1 is 0.469 bits per heavy atom. The highest BCUT2D eigenvalue weighted by Crippen LogP contribution is 2.40. The fraction of sp³-hybridized carbons (Fsp3) is 0.0638. The minimum atomic E-state index is 0.544. The Morgan fingerprint density at radius 2 is 1.06 bits per heavy atom. The first-order valence-corrected chi connectivity index (χ1v) is 17.0. The van der Waals surface area contributed by atoms with Crippen molar-refractivity contribution in [1.82, 2.24) is 9.97 Å². The van der Waals surface area contributed by atoms with Gasteiger partial charge >= 0.3 is 0 Å². The fourth-order valence-electron chi connectivity index (χ4n) is 7.39. The lowest BCUT2D eigenvalue weighted by molar-refractivity contribution is 0.722. The van der Waals surface area contributed by atoms with Crippen LogP contribution in [0.5, 0.6) is 0 Å². The van der Waals surface area contributed by atoms with E-state index in [1.807, 2.05) is 18.3 Å². The van der Waals surface area contributed by atoms with Crippen LogP contribution in [0.4, 0.5) is 0 Å². The molecule has 2 heteroatoms. The molecule has 0 N–H and O–H groups in total. The summed E-state index contributed by atoms with van der Waals surface area (Å²) in [7, 11) is 0. The molecule has 9 rings (SSSR count). The standard InChI is InChI=1S/C47H34N2/c1-31-20-22-42-40-18-5-6-19-41(40)45-30-37(21-23-43(45)44(42)26-31)35-14-7-13-34(27-35)36-15-9-17-39(29-36)47-48-25-24-46(49-47)38-16-8-12-33(28-38)32-10-3-2-4-11-32/h2-25,27-31H,26H2,1H3. The van der Waals surface area contributed by atoms with Gasteiger partial charge < -0.3 is 0 Å². The van der Waals surface area contributed by atoms with Gasteiger partial charge in [-0.3, -0.25) is 0 Å². The maximum atomic E-state index is 5.02. The molecule has 0 radical (unpaired) electrons. The van der Waals surface area contributed by atoms with Crippen molar-refractivity contribution in [3.05, 3.63) is 175 Å². The highest BCUT2D eigenvalue weighted by atomic mass is 14.9. The summed E-state index contributed by atoms with van der Waals surface area (Å²) in [5, 5.41) is 5.35. The topological polar surface area (TPSA) is 25.8 Å². The molecule has 0 saturated heterocycles. The van der Waals surface area contributed by atoms with Crippen LogP contribution in [0.3, 0.4) is 0 Å². The summed E-state index contributed by atoms with van der Waals surface area (Å²) >= 11 is 0. The molecular weight excluding hydrogens is 593 g/mol. The number of aromatic nitrogens is 2. The van der Waals surface area contributed by atoms with Crippen LogP contribution in [0.1, 0.15) is 18.1 Å². The van der Waals surface area contributed by atoms with Crippen molar-refractivity contribution >= 4 is 27.6 Å². The lowest BCUT2D eigenvalue weighted by Gasteiger charge is -2.21. The van der Waals surface area contributed by atoms with Gasteiger partial charge in [0.1, 0.15) is 0 Å². The van der Waals surface area contributed by atoms with E-state index < -0.39 is 0 Å². The van der Waals surface area contributed by atoms with Crippen LogP contribution >= 0.6 is 0 Å². The van der Waals surface area contributed by atoms with Gasteiger partial charge in [-0.15, -0.1) is 0 Å². The molecule has 1 unspecified atom stereocenters. The van der Waals surface area contributed by atoms with E-state index >= 15 is 0 Å². The van der Waals surface area contributed by atoms with Crippen LogP contribution in [-0.4, -0.2) is 9.97 Å². The molecule has 0 amide bonds. The van der Waals surface area contributed by atoms with Gasteiger partial charge in [-0.05, 0) is 109 Å². The van der Waals surface area contributed by atoms with E-state index in [2.05, 4.69) is 164 Å². The third kappa shape index (κ3) is 5.42. The molecule has 49 heavy (non-hydrogen) atoms. The van der Waals surface area contributed by atoms with Gasteiger partial charge in [-0.2, -0.15) is 0 Å². The summed E-state index contributed by atoms with van der Waals surface area (Å²) < 4.78 is 0. The van der Waals surface area contributed by atoms with E-state index in [-0.39, 0.29) is 0 Å². The van der Waals surface area contributed by atoms with Crippen LogP contribution in [0, 0.1) is 5.92 Å². The predicted octanol–water partition coefficient (Wildman–Crippen LogP) is 12.3. The first-order chi connectivity index (χ1) is 24.2. The number of fused-ring (bicyclic) bond motifs is 6. The lowest BCUT2D eigenvalue weighted by Crippen LogP contribution is -2.05. The van der Waals surface area contributed by atoms with Crippen LogP contribution in [0.15, 0.2) is 164 Å². The summed E-state index contributed by atoms with van der Waals surface area (Å²) in [6.45, 7) is 2.31. The average molecular weight is 627 g/mol. The van der Waals surface area contributed by atoms with Crippen molar-refractivity contribution in [1.29, 1.82) is 0 Å². The molecule has 7 aromatic carbocycles. The summed E-state index contributed by atoms with van der Waals surface area (Å²) in [5.74, 6) is 1.26. The molecule has 0 spiro atoms. The molecule has 1 atom stereocenters. The molecule has 0 saturated carbocycles. The van der Waals surface area contributed by atoms with Crippen LogP contribution in [-0.2, 0) is 6.42 Å². The van der Waals surface area contributed by atoms with Crippen molar-refractivity contribution in [3.63, 3.8) is 0 Å². The molecule has 0 aliphatic heterocycles. The van der Waals surface area contributed by atoms with E-state index in [9.17, 15) is 0 Å². The van der Waals surface area contributed by atoms with Gasteiger partial charge in [0.15, 0.2) is 5.82 Å². The third-order valence-electron chi connectivity index (χ3n) is 9.87. The van der Waals surface area contributed by atoms with Gasteiger partial charge in [-0.1, -0.05) is 140 Å². The zero-order valence-electron chi connectivity index (χ0n) is 27.3. The van der Waals surface area contributed by atoms with Gasteiger partial charge in [-0.25, -0.2) is 9.97 Å². The first kappa shape index (κ1) is 29.1. The van der Waals surface area contributed by atoms with E-state index in [0.29, 0.717) is 5.92 Å². The number of hydrogen-bond donors (Lipinski definition) is 0. The molecule has 1 heterocycles. The van der Waals surface area contributed by atoms with Crippen molar-refractivity contribution in [2.75, 3.05) is 0 Å². The highest BCUT2D eigenvalue weighted by molar-refractivity contribution is 6.14. The molecular formula is C47H34N2. The molecule has 0 fully saturated rings. The second-order valence-electron chi connectivity index (χ2n) is 13.1. The first-order valence-electron chi connectivity index (χ1n) is 17.0. The quantitative estimate of drug-likeness (QED) is 0.178. The van der Waals surface area contributed by atoms with Crippen molar-refractivity contribution in [2.45, 2.75) is 13.3 Å². The molecule has 8 aromatic rings. The maximum Gasteiger partial charge on any atom is 0.159 e. The fourth-order valence-corrected chi connectivity index (χ4v) is 7.39. The Hall–Kier alpha value is -6.12. The van der Waals surface area contributed by atoms with Gasteiger partial charge in [0.05, 0.1) is 5.69 Å². The Kier molecular flexibility index (Phi) is 7.21. The summed E-state index contributed by atoms with van der Waals surface area (Å²) in [4.78, 5) is 9.71. The Bertz CT molecular complexity index is 2540. The number of nitrogens with zero attached hydrogens (tertiary/aromatic N) is 2. The minimum absolute atomic E-state index is 0.544. The number of rotatable bonds is 5. The molecule has 2 nitrogen and oxygen atoms in total. The number of benzene rings is 7. The van der Waals surface area contributed by atoms with E-state index in [1.165, 1.54) is 60.5 Å². The Labute approximate surface area is 287 Å². The molecule has 0 bridgehead atoms. The normalized spacial score (nSPS) is 13.9. The van der Waals surface area contributed by atoms with E-state index in [1.54, 1.807) is 0 Å². The molecule has 1 aromatic heterocycles. The lowest BCUT2D eigenvalue weighted by atomic mass is 9.83. The monoisotopic (exact) mass is 626 g/mol. The second-order valence-corrected chi connectivity index (χ2v) is 13.1. The van der Waals surface area contributed by atoms with E-state index in [0.717, 1.165) is 34.6 Å². The van der Waals surface area contributed by atoms with Crippen LogP contribution in [0.25, 0.3) is 83.6 Å².